The van der Waals surface area contributed by atoms with Crippen molar-refractivity contribution in [2.75, 3.05) is 4.90 Å². The standard InChI is InChI=1S/C68H49NO/c1-67(2)59-38-45(42-16-7-5-8-17-42)26-31-54(59)56-33-29-50(40-61(56)67)69(51-30-34-57-55-32-27-46(43-18-9-6-10-19-43)39-60(55)68(3,4)62(57)41-51)49-23-15-22-47(36-49)58-37-48-21-12-14-25-53(48)65-64-52-24-13-11-20-44(52)28-35-63(64)70-66(58)65/h5-41H,1-4H3. The fourth-order valence-electron chi connectivity index (χ4n) is 12.2. The van der Waals surface area contributed by atoms with E-state index in [2.05, 4.69) is 257 Å². The molecule has 332 valence electrons. The van der Waals surface area contributed by atoms with E-state index in [0.717, 1.165) is 44.7 Å². The summed E-state index contributed by atoms with van der Waals surface area (Å²) in [6.45, 7) is 9.56. The second-order valence-electron chi connectivity index (χ2n) is 20.5. The predicted molar refractivity (Wildman–Crippen MR) is 295 cm³/mol. The van der Waals surface area contributed by atoms with Gasteiger partial charge in [-0.05, 0) is 155 Å². The average Bonchev–Trinajstić information content (AvgIpc) is 3.99. The van der Waals surface area contributed by atoms with Crippen molar-refractivity contribution in [2.45, 2.75) is 38.5 Å². The quantitative estimate of drug-likeness (QED) is 0.165. The zero-order chi connectivity index (χ0) is 46.9. The molecule has 12 aromatic rings. The highest BCUT2D eigenvalue weighted by atomic mass is 16.3. The number of anilines is 3. The number of hydrogen-bond acceptors (Lipinski definition) is 2. The van der Waals surface area contributed by atoms with E-state index in [1.165, 1.54) is 93.7 Å². The van der Waals surface area contributed by atoms with Crippen molar-refractivity contribution in [3.05, 3.63) is 247 Å². The Morgan fingerprint density at radius 3 is 1.37 bits per heavy atom. The molecule has 2 heteroatoms. The molecule has 2 nitrogen and oxygen atoms in total. The van der Waals surface area contributed by atoms with Gasteiger partial charge in [-0.1, -0.05) is 191 Å². The molecule has 0 spiro atoms. The number of rotatable bonds is 6. The van der Waals surface area contributed by atoms with Gasteiger partial charge in [0.25, 0.3) is 0 Å². The van der Waals surface area contributed by atoms with Crippen LogP contribution in [0.25, 0.3) is 99.1 Å². The van der Waals surface area contributed by atoms with Crippen LogP contribution in [-0.2, 0) is 10.8 Å². The van der Waals surface area contributed by atoms with Crippen molar-refractivity contribution in [1.29, 1.82) is 0 Å². The minimum absolute atomic E-state index is 0.223. The van der Waals surface area contributed by atoms with Gasteiger partial charge in [-0.15, -0.1) is 0 Å². The maximum Gasteiger partial charge on any atom is 0.143 e. The molecule has 70 heavy (non-hydrogen) atoms. The molecule has 0 radical (unpaired) electrons. The summed E-state index contributed by atoms with van der Waals surface area (Å²) in [6, 6.07) is 83.0. The lowest BCUT2D eigenvalue weighted by atomic mass is 9.81. The molecule has 1 heterocycles. The molecule has 0 bridgehead atoms. The SMILES string of the molecule is CC1(C)c2cc(-c3ccccc3)ccc2-c2ccc(N(c3cccc(-c4cc5ccccc5c5c4oc4ccc6ccccc6c45)c3)c3ccc4c(c3)C(C)(C)c3cc(-c5ccccc5)ccc3-4)cc21. The molecule has 0 N–H and O–H groups in total. The minimum atomic E-state index is -0.223. The number of hydrogen-bond donors (Lipinski definition) is 0. The summed E-state index contributed by atoms with van der Waals surface area (Å²) in [4.78, 5) is 2.48. The summed E-state index contributed by atoms with van der Waals surface area (Å²) >= 11 is 0. The third kappa shape index (κ3) is 5.99. The molecule has 11 aromatic carbocycles. The molecule has 0 unspecified atom stereocenters. The summed E-state index contributed by atoms with van der Waals surface area (Å²) in [7, 11) is 0. The zero-order valence-corrected chi connectivity index (χ0v) is 39.7. The van der Waals surface area contributed by atoms with Gasteiger partial charge >= 0.3 is 0 Å². The Bertz CT molecular complexity index is 3970. The summed E-state index contributed by atoms with van der Waals surface area (Å²) in [6.07, 6.45) is 0. The monoisotopic (exact) mass is 895 g/mol. The lowest BCUT2D eigenvalue weighted by Crippen LogP contribution is -2.18. The second-order valence-corrected chi connectivity index (χ2v) is 20.5. The largest absolute Gasteiger partial charge is 0.455 e. The number of benzene rings is 11. The topological polar surface area (TPSA) is 16.4 Å². The van der Waals surface area contributed by atoms with Crippen LogP contribution in [0.1, 0.15) is 49.9 Å². The van der Waals surface area contributed by atoms with E-state index >= 15 is 0 Å². The molecule has 1 aromatic heterocycles. The van der Waals surface area contributed by atoms with Crippen LogP contribution < -0.4 is 4.90 Å². The Morgan fingerprint density at radius 2 is 0.786 bits per heavy atom. The molecule has 0 amide bonds. The molecule has 0 aliphatic heterocycles. The van der Waals surface area contributed by atoms with Crippen LogP contribution in [0.2, 0.25) is 0 Å². The molecule has 2 aliphatic rings. The maximum absolute atomic E-state index is 6.99. The van der Waals surface area contributed by atoms with E-state index in [0.29, 0.717) is 0 Å². The van der Waals surface area contributed by atoms with E-state index in [4.69, 9.17) is 4.42 Å². The first kappa shape index (κ1) is 40.6. The fourth-order valence-corrected chi connectivity index (χ4v) is 12.2. The van der Waals surface area contributed by atoms with Crippen LogP contribution in [0.15, 0.2) is 229 Å². The van der Waals surface area contributed by atoms with Crippen LogP contribution in [-0.4, -0.2) is 0 Å². The highest BCUT2D eigenvalue weighted by Crippen LogP contribution is 2.55. The zero-order valence-electron chi connectivity index (χ0n) is 39.7. The van der Waals surface area contributed by atoms with E-state index in [-0.39, 0.29) is 10.8 Å². The summed E-state index contributed by atoms with van der Waals surface area (Å²) in [5.74, 6) is 0. The molecule has 0 saturated heterocycles. The summed E-state index contributed by atoms with van der Waals surface area (Å²) in [5.41, 5.74) is 22.5. The second kappa shape index (κ2) is 15.0. The lowest BCUT2D eigenvalue weighted by Gasteiger charge is -2.30. The summed E-state index contributed by atoms with van der Waals surface area (Å²) in [5, 5.41) is 7.13. The first-order valence-corrected chi connectivity index (χ1v) is 24.6. The highest BCUT2D eigenvalue weighted by Gasteiger charge is 2.38. The number of furan rings is 1. The van der Waals surface area contributed by atoms with Crippen molar-refractivity contribution in [3.63, 3.8) is 0 Å². The summed E-state index contributed by atoms with van der Waals surface area (Å²) < 4.78 is 6.99. The molecule has 0 fully saturated rings. The van der Waals surface area contributed by atoms with Gasteiger partial charge in [0.15, 0.2) is 0 Å². The van der Waals surface area contributed by atoms with Gasteiger partial charge < -0.3 is 9.32 Å². The fraction of sp³-hybridized carbons (Fsp3) is 0.0882. The van der Waals surface area contributed by atoms with Crippen molar-refractivity contribution in [2.24, 2.45) is 0 Å². The minimum Gasteiger partial charge on any atom is -0.455 e. The lowest BCUT2D eigenvalue weighted by molar-refractivity contribution is 0.660. The van der Waals surface area contributed by atoms with E-state index in [1.54, 1.807) is 0 Å². The van der Waals surface area contributed by atoms with Crippen LogP contribution in [0.4, 0.5) is 17.1 Å². The smallest absolute Gasteiger partial charge is 0.143 e. The van der Waals surface area contributed by atoms with Gasteiger partial charge in [-0.25, -0.2) is 0 Å². The molecule has 2 aliphatic carbocycles. The van der Waals surface area contributed by atoms with Gasteiger partial charge in [0.2, 0.25) is 0 Å². The predicted octanol–water partition coefficient (Wildman–Crippen LogP) is 19.0. The van der Waals surface area contributed by atoms with Gasteiger partial charge in [0.05, 0.1) is 0 Å². The Balaban J connectivity index is 0.956. The Morgan fingerprint density at radius 1 is 0.314 bits per heavy atom. The normalized spacial score (nSPS) is 13.9. The van der Waals surface area contributed by atoms with Crippen molar-refractivity contribution >= 4 is 60.5 Å². The molecule has 0 atom stereocenters. The Kier molecular flexibility index (Phi) is 8.71. The molecule has 14 rings (SSSR count). The Labute approximate surface area is 408 Å². The van der Waals surface area contributed by atoms with Crippen LogP contribution >= 0.6 is 0 Å². The number of nitrogens with zero attached hydrogens (tertiary/aromatic N) is 1. The van der Waals surface area contributed by atoms with E-state index in [9.17, 15) is 0 Å². The van der Waals surface area contributed by atoms with Crippen LogP contribution in [0.5, 0.6) is 0 Å². The van der Waals surface area contributed by atoms with Gasteiger partial charge in [-0.3, -0.25) is 0 Å². The van der Waals surface area contributed by atoms with Crippen LogP contribution in [0, 0.1) is 0 Å². The van der Waals surface area contributed by atoms with Gasteiger partial charge in [0, 0.05) is 44.2 Å². The first-order chi connectivity index (χ1) is 34.2. The molecule has 0 saturated carbocycles. The molecular weight excluding hydrogens is 847 g/mol. The van der Waals surface area contributed by atoms with Gasteiger partial charge in [-0.2, -0.15) is 0 Å². The van der Waals surface area contributed by atoms with Crippen LogP contribution in [0.3, 0.4) is 0 Å². The van der Waals surface area contributed by atoms with Crippen molar-refractivity contribution < 1.29 is 4.42 Å². The maximum atomic E-state index is 6.99. The third-order valence-corrected chi connectivity index (χ3v) is 15.8. The molecular formula is C68H49NO. The third-order valence-electron chi connectivity index (χ3n) is 15.8. The van der Waals surface area contributed by atoms with Crippen molar-refractivity contribution in [1.82, 2.24) is 0 Å². The highest BCUT2D eigenvalue weighted by molar-refractivity contribution is 6.28. The van der Waals surface area contributed by atoms with Crippen molar-refractivity contribution in [3.8, 4) is 55.6 Å². The Hall–Kier alpha value is -8.46. The van der Waals surface area contributed by atoms with Gasteiger partial charge in [0.1, 0.15) is 11.2 Å². The van der Waals surface area contributed by atoms with E-state index in [1.807, 2.05) is 0 Å². The first-order valence-electron chi connectivity index (χ1n) is 24.6. The number of fused-ring (bicyclic) bond motifs is 13. The average molecular weight is 896 g/mol. The van der Waals surface area contributed by atoms with E-state index < -0.39 is 0 Å².